The first-order valence-corrected chi connectivity index (χ1v) is 12.9. The second-order valence-corrected chi connectivity index (χ2v) is 10.1. The minimum Gasteiger partial charge on any atom is -0.493 e. The Morgan fingerprint density at radius 3 is 2.59 bits per heavy atom. The van der Waals surface area contributed by atoms with Gasteiger partial charge in [-0.25, -0.2) is 4.79 Å². The molecule has 0 saturated carbocycles. The summed E-state index contributed by atoms with van der Waals surface area (Å²) < 4.78 is 10.7. The van der Waals surface area contributed by atoms with Gasteiger partial charge in [-0.3, -0.25) is 24.7 Å². The second kappa shape index (κ2) is 9.87. The van der Waals surface area contributed by atoms with Crippen molar-refractivity contribution in [2.45, 2.75) is 25.8 Å². The molecule has 2 unspecified atom stereocenters. The Morgan fingerprint density at radius 1 is 1.08 bits per heavy atom. The van der Waals surface area contributed by atoms with Gasteiger partial charge in [0.25, 0.3) is 0 Å². The fourth-order valence-electron chi connectivity index (χ4n) is 5.86. The van der Waals surface area contributed by atoms with E-state index in [1.54, 1.807) is 26.4 Å². The van der Waals surface area contributed by atoms with E-state index in [-0.39, 0.29) is 13.0 Å². The Balaban J connectivity index is 1.50. The van der Waals surface area contributed by atoms with E-state index < -0.39 is 29.3 Å². The molecule has 3 aliphatic heterocycles. The van der Waals surface area contributed by atoms with Crippen LogP contribution in [-0.2, 0) is 22.4 Å². The average Bonchev–Trinajstić information content (AvgIpc) is 2.91. The van der Waals surface area contributed by atoms with Crippen molar-refractivity contribution in [3.63, 3.8) is 0 Å². The van der Waals surface area contributed by atoms with E-state index in [1.165, 1.54) is 4.90 Å². The summed E-state index contributed by atoms with van der Waals surface area (Å²) >= 11 is 6.60. The van der Waals surface area contributed by atoms with Gasteiger partial charge in [-0.15, -0.1) is 0 Å². The summed E-state index contributed by atoms with van der Waals surface area (Å²) in [6.45, 7) is 5.01. The fraction of sp³-hybridized carbons (Fsp3) is 0.444. The van der Waals surface area contributed by atoms with Gasteiger partial charge in [0, 0.05) is 43.3 Å². The van der Waals surface area contributed by atoms with E-state index in [1.807, 2.05) is 24.3 Å². The van der Waals surface area contributed by atoms with Gasteiger partial charge >= 0.3 is 6.03 Å². The van der Waals surface area contributed by atoms with Gasteiger partial charge in [-0.2, -0.15) is 0 Å². The molecule has 2 aromatic rings. The smallest absolute Gasteiger partial charge is 0.330 e. The lowest BCUT2D eigenvalue weighted by Crippen LogP contribution is -2.75. The minimum atomic E-state index is -1.46. The van der Waals surface area contributed by atoms with E-state index in [0.29, 0.717) is 36.0 Å². The largest absolute Gasteiger partial charge is 0.493 e. The number of nitrogens with one attached hydrogen (secondary N) is 1. The molecule has 0 bridgehead atoms. The molecule has 4 amide bonds. The zero-order valence-corrected chi connectivity index (χ0v) is 22.0. The number of hydrogen-bond acceptors (Lipinski definition) is 7. The number of ether oxygens (including phenoxy) is 2. The number of rotatable bonds is 6. The van der Waals surface area contributed by atoms with E-state index in [9.17, 15) is 14.4 Å². The van der Waals surface area contributed by atoms with Crippen LogP contribution in [0.4, 0.5) is 10.5 Å². The van der Waals surface area contributed by atoms with Crippen LogP contribution in [0.1, 0.15) is 18.1 Å². The number of hydrogen-bond donors (Lipinski definition) is 1. The standard InChI is InChI=1S/C27H31ClN4O5/c1-4-30-12-13-31-20-7-5-6-19(28)18(20)15-27(23(31)16-30)24(33)29-26(35)32(25(27)34)11-10-17-8-9-21(36-2)22(14-17)37-3/h5-9,14,23H,4,10-13,15-16H2,1-3H3,(H,29,33,35). The Kier molecular flexibility index (Phi) is 6.76. The van der Waals surface area contributed by atoms with Crippen LogP contribution in [0.25, 0.3) is 0 Å². The molecule has 2 saturated heterocycles. The van der Waals surface area contributed by atoms with Crippen LogP contribution in [0, 0.1) is 5.41 Å². The molecule has 1 spiro atoms. The molecule has 3 aliphatic rings. The molecule has 1 N–H and O–H groups in total. The number of methoxy groups -OCH3 is 2. The van der Waals surface area contributed by atoms with Crippen LogP contribution in [0.5, 0.6) is 11.5 Å². The second-order valence-electron chi connectivity index (χ2n) is 9.64. The predicted octanol–water partition coefficient (Wildman–Crippen LogP) is 2.73. The molecular formula is C27H31ClN4O5. The highest BCUT2D eigenvalue weighted by molar-refractivity contribution is 6.32. The van der Waals surface area contributed by atoms with Gasteiger partial charge in [-0.1, -0.05) is 30.7 Å². The first-order chi connectivity index (χ1) is 17.8. The van der Waals surface area contributed by atoms with Crippen LogP contribution < -0.4 is 19.7 Å². The number of nitrogens with zero attached hydrogens (tertiary/aromatic N) is 3. The monoisotopic (exact) mass is 526 g/mol. The van der Waals surface area contributed by atoms with E-state index in [0.717, 1.165) is 29.9 Å². The summed E-state index contributed by atoms with van der Waals surface area (Å²) in [5.74, 6) is 0.138. The Hall–Kier alpha value is -3.30. The van der Waals surface area contributed by atoms with Gasteiger partial charge in [0.2, 0.25) is 11.8 Å². The summed E-state index contributed by atoms with van der Waals surface area (Å²) in [7, 11) is 3.12. The van der Waals surface area contributed by atoms with Gasteiger partial charge in [-0.05, 0) is 48.4 Å². The fourth-order valence-corrected chi connectivity index (χ4v) is 6.10. The Labute approximate surface area is 221 Å². The molecule has 0 aromatic heterocycles. The minimum absolute atomic E-state index is 0.120. The summed E-state index contributed by atoms with van der Waals surface area (Å²) in [4.78, 5) is 46.4. The third-order valence-electron chi connectivity index (χ3n) is 7.91. The first kappa shape index (κ1) is 25.4. The van der Waals surface area contributed by atoms with Crippen LogP contribution in [0.2, 0.25) is 5.02 Å². The summed E-state index contributed by atoms with van der Waals surface area (Å²) in [6, 6.07) is 10.0. The molecule has 10 heteroatoms. The van der Waals surface area contributed by atoms with Crippen molar-refractivity contribution in [3.05, 3.63) is 52.5 Å². The predicted molar refractivity (Wildman–Crippen MR) is 139 cm³/mol. The topological polar surface area (TPSA) is 91.4 Å². The zero-order chi connectivity index (χ0) is 26.3. The maximum atomic E-state index is 14.3. The van der Waals surface area contributed by atoms with Gasteiger partial charge in [0.1, 0.15) is 0 Å². The van der Waals surface area contributed by atoms with Crippen LogP contribution in [-0.4, -0.2) is 80.6 Å². The Morgan fingerprint density at radius 2 is 1.86 bits per heavy atom. The maximum Gasteiger partial charge on any atom is 0.330 e. The Bertz CT molecular complexity index is 1250. The van der Waals surface area contributed by atoms with Gasteiger partial charge in [0.15, 0.2) is 16.9 Å². The number of piperazine rings is 1. The van der Waals surface area contributed by atoms with Crippen molar-refractivity contribution in [3.8, 4) is 11.5 Å². The SMILES string of the molecule is CCN1CCN2c3cccc(Cl)c3CC3(C(=O)NC(=O)N(CCc4ccc(OC)c(OC)c4)C3=O)C2C1. The van der Waals surface area contributed by atoms with Crippen molar-refractivity contribution in [1.82, 2.24) is 15.1 Å². The molecule has 0 radical (unpaired) electrons. The molecule has 9 nitrogen and oxygen atoms in total. The maximum absolute atomic E-state index is 14.3. The normalized spacial score (nSPS) is 23.6. The number of halogens is 1. The first-order valence-electron chi connectivity index (χ1n) is 12.5. The van der Waals surface area contributed by atoms with E-state index >= 15 is 0 Å². The van der Waals surface area contributed by atoms with Crippen molar-refractivity contribution >= 4 is 35.1 Å². The van der Waals surface area contributed by atoms with Gasteiger partial charge < -0.3 is 14.4 Å². The lowest BCUT2D eigenvalue weighted by Gasteiger charge is -2.55. The molecule has 0 aliphatic carbocycles. The van der Waals surface area contributed by atoms with Crippen molar-refractivity contribution in [2.75, 3.05) is 51.8 Å². The molecule has 5 rings (SSSR count). The number of amides is 4. The van der Waals surface area contributed by atoms with E-state index in [4.69, 9.17) is 21.1 Å². The quantitative estimate of drug-likeness (QED) is 0.579. The van der Waals surface area contributed by atoms with Crippen molar-refractivity contribution < 1.29 is 23.9 Å². The highest BCUT2D eigenvalue weighted by Crippen LogP contribution is 2.47. The molecule has 37 heavy (non-hydrogen) atoms. The number of benzene rings is 2. The molecule has 2 aromatic carbocycles. The number of urea groups is 1. The number of carbonyl (C=O) groups is 3. The highest BCUT2D eigenvalue weighted by atomic mass is 35.5. The molecule has 196 valence electrons. The molecular weight excluding hydrogens is 496 g/mol. The lowest BCUT2D eigenvalue weighted by atomic mass is 9.67. The van der Waals surface area contributed by atoms with E-state index in [2.05, 4.69) is 22.0 Å². The number of fused-ring (bicyclic) bond motifs is 4. The molecule has 3 heterocycles. The number of likely N-dealkylation sites (N-methyl/N-ethyl adjacent to an activating group) is 1. The summed E-state index contributed by atoms with van der Waals surface area (Å²) in [6.07, 6.45) is 0.544. The third kappa shape index (κ3) is 4.10. The number of anilines is 1. The summed E-state index contributed by atoms with van der Waals surface area (Å²) in [5.41, 5.74) is 1.13. The average molecular weight is 527 g/mol. The van der Waals surface area contributed by atoms with Crippen LogP contribution >= 0.6 is 11.6 Å². The molecule has 2 atom stereocenters. The third-order valence-corrected chi connectivity index (χ3v) is 8.26. The zero-order valence-electron chi connectivity index (χ0n) is 21.3. The van der Waals surface area contributed by atoms with Crippen molar-refractivity contribution in [2.24, 2.45) is 5.41 Å². The number of barbiturate groups is 1. The van der Waals surface area contributed by atoms with Gasteiger partial charge in [0.05, 0.1) is 20.3 Å². The number of imide groups is 2. The molecule has 2 fully saturated rings. The van der Waals surface area contributed by atoms with Crippen molar-refractivity contribution in [1.29, 1.82) is 0 Å². The summed E-state index contributed by atoms with van der Waals surface area (Å²) in [5, 5.41) is 3.02. The highest BCUT2D eigenvalue weighted by Gasteiger charge is 2.62. The lowest BCUT2D eigenvalue weighted by molar-refractivity contribution is -0.154. The van der Waals surface area contributed by atoms with Crippen LogP contribution in [0.3, 0.4) is 0 Å². The number of carbonyl (C=O) groups excluding carboxylic acids is 3. The van der Waals surface area contributed by atoms with Crippen LogP contribution in [0.15, 0.2) is 36.4 Å².